The van der Waals surface area contributed by atoms with Gasteiger partial charge in [-0.1, -0.05) is 44.0 Å². The number of rotatable bonds is 5. The van der Waals surface area contributed by atoms with Crippen molar-refractivity contribution in [3.8, 4) is 5.75 Å². The van der Waals surface area contributed by atoms with Gasteiger partial charge < -0.3 is 19.9 Å². The third-order valence-corrected chi connectivity index (χ3v) is 5.81. The van der Waals surface area contributed by atoms with Gasteiger partial charge in [0, 0.05) is 42.3 Å². The molecule has 2 amide bonds. The topological polar surface area (TPSA) is 61.9 Å². The smallest absolute Gasteiger partial charge is 0.262 e. The number of amides is 2. The average molecular weight is 478 g/mol. The van der Waals surface area contributed by atoms with Crippen LogP contribution >= 0.6 is 23.2 Å². The zero-order valence-electron chi connectivity index (χ0n) is 18.9. The fourth-order valence-electron chi connectivity index (χ4n) is 3.58. The van der Waals surface area contributed by atoms with Crippen molar-refractivity contribution in [3.63, 3.8) is 0 Å². The van der Waals surface area contributed by atoms with Crippen LogP contribution in [0.5, 0.6) is 5.75 Å². The van der Waals surface area contributed by atoms with Crippen LogP contribution in [-0.2, 0) is 9.59 Å². The number of hydrogen-bond donors (Lipinski definition) is 1. The van der Waals surface area contributed by atoms with Crippen molar-refractivity contribution in [2.24, 2.45) is 5.41 Å². The molecule has 32 heavy (non-hydrogen) atoms. The van der Waals surface area contributed by atoms with Crippen LogP contribution in [0.2, 0.25) is 10.0 Å². The maximum atomic E-state index is 12.5. The predicted molar refractivity (Wildman–Crippen MR) is 130 cm³/mol. The number of nitrogens with one attached hydrogen (secondary N) is 1. The van der Waals surface area contributed by atoms with Crippen molar-refractivity contribution in [2.75, 3.05) is 43.0 Å². The second kappa shape index (κ2) is 10.0. The molecule has 2 aromatic rings. The lowest BCUT2D eigenvalue weighted by atomic mass is 9.94. The van der Waals surface area contributed by atoms with Gasteiger partial charge in [0.2, 0.25) is 5.91 Å². The summed E-state index contributed by atoms with van der Waals surface area (Å²) in [5.74, 6) is 0.497. The van der Waals surface area contributed by atoms with Crippen LogP contribution in [0.25, 0.3) is 0 Å². The van der Waals surface area contributed by atoms with Crippen LogP contribution < -0.4 is 15.0 Å². The maximum Gasteiger partial charge on any atom is 0.262 e. The van der Waals surface area contributed by atoms with E-state index in [4.69, 9.17) is 27.9 Å². The van der Waals surface area contributed by atoms with E-state index < -0.39 is 0 Å². The number of carbonyl (C=O) groups excluding carboxylic acids is 2. The third kappa shape index (κ3) is 6.08. The quantitative estimate of drug-likeness (QED) is 0.656. The molecule has 8 heteroatoms. The fourth-order valence-corrected chi connectivity index (χ4v) is 4.11. The summed E-state index contributed by atoms with van der Waals surface area (Å²) in [6.07, 6.45) is 0. The van der Waals surface area contributed by atoms with Crippen molar-refractivity contribution in [2.45, 2.75) is 27.7 Å². The minimum Gasteiger partial charge on any atom is -0.483 e. The molecule has 3 rings (SSSR count). The average Bonchev–Trinajstić information content (AvgIpc) is 2.72. The molecule has 0 aromatic heterocycles. The Bertz CT molecular complexity index is 996. The van der Waals surface area contributed by atoms with Crippen LogP contribution in [0.15, 0.2) is 36.4 Å². The van der Waals surface area contributed by atoms with Gasteiger partial charge >= 0.3 is 0 Å². The first-order chi connectivity index (χ1) is 15.0. The molecule has 1 aliphatic heterocycles. The highest BCUT2D eigenvalue weighted by molar-refractivity contribution is 6.33. The highest BCUT2D eigenvalue weighted by Gasteiger charge is 2.30. The predicted octanol–water partition coefficient (Wildman–Crippen LogP) is 5.01. The molecule has 2 aromatic carbocycles. The van der Waals surface area contributed by atoms with Crippen molar-refractivity contribution in [1.82, 2.24) is 4.90 Å². The summed E-state index contributed by atoms with van der Waals surface area (Å²) in [5.41, 5.74) is 1.97. The van der Waals surface area contributed by atoms with Gasteiger partial charge in [-0.15, -0.1) is 0 Å². The zero-order valence-corrected chi connectivity index (χ0v) is 20.4. The molecule has 0 radical (unpaired) electrons. The number of anilines is 2. The van der Waals surface area contributed by atoms with Gasteiger partial charge in [-0.3, -0.25) is 9.59 Å². The molecule has 0 aliphatic carbocycles. The number of carbonyl (C=O) groups is 2. The maximum absolute atomic E-state index is 12.5. The Balaban J connectivity index is 1.55. The lowest BCUT2D eigenvalue weighted by Crippen LogP contribution is -2.51. The molecule has 1 saturated heterocycles. The van der Waals surface area contributed by atoms with Crippen LogP contribution in [-0.4, -0.2) is 49.5 Å². The van der Waals surface area contributed by atoms with Crippen LogP contribution in [0.3, 0.4) is 0 Å². The molecule has 0 spiro atoms. The van der Waals surface area contributed by atoms with Crippen LogP contribution in [0.1, 0.15) is 26.3 Å². The fraction of sp³-hybridized carbons (Fsp3) is 0.417. The first-order valence-corrected chi connectivity index (χ1v) is 11.3. The second-order valence-corrected chi connectivity index (χ2v) is 9.79. The van der Waals surface area contributed by atoms with Crippen molar-refractivity contribution < 1.29 is 14.3 Å². The van der Waals surface area contributed by atoms with Crippen molar-refractivity contribution in [1.29, 1.82) is 0 Å². The monoisotopic (exact) mass is 477 g/mol. The molecule has 0 saturated carbocycles. The summed E-state index contributed by atoms with van der Waals surface area (Å²) < 4.78 is 5.58. The molecule has 1 N–H and O–H groups in total. The number of aryl methyl sites for hydroxylation is 1. The van der Waals surface area contributed by atoms with Gasteiger partial charge in [0.25, 0.3) is 5.91 Å². The summed E-state index contributed by atoms with van der Waals surface area (Å²) >= 11 is 12.5. The minimum atomic E-state index is -0.379. The second-order valence-electron chi connectivity index (χ2n) is 8.94. The first-order valence-electron chi connectivity index (χ1n) is 10.6. The number of nitrogens with zero attached hydrogens (tertiary/aromatic N) is 2. The minimum absolute atomic E-state index is 0.119. The van der Waals surface area contributed by atoms with Gasteiger partial charge in [0.1, 0.15) is 5.75 Å². The highest BCUT2D eigenvalue weighted by Crippen LogP contribution is 2.30. The normalized spacial score (nSPS) is 14.3. The molecule has 0 atom stereocenters. The first kappa shape index (κ1) is 24.2. The summed E-state index contributed by atoms with van der Waals surface area (Å²) in [6.45, 7) is 10.3. The molecule has 6 nitrogen and oxygen atoms in total. The molecule has 0 unspecified atom stereocenters. The van der Waals surface area contributed by atoms with E-state index in [1.54, 1.807) is 24.3 Å². The Kier molecular flexibility index (Phi) is 7.57. The molecule has 1 heterocycles. The lowest BCUT2D eigenvalue weighted by molar-refractivity contribution is -0.139. The van der Waals surface area contributed by atoms with Gasteiger partial charge in [-0.05, 0) is 48.9 Å². The molecular formula is C24H29Cl2N3O3. The van der Waals surface area contributed by atoms with E-state index in [2.05, 4.69) is 10.2 Å². The highest BCUT2D eigenvalue weighted by atomic mass is 35.5. The molecule has 172 valence electrons. The third-order valence-electron chi connectivity index (χ3n) is 5.28. The van der Waals surface area contributed by atoms with Crippen molar-refractivity contribution in [3.05, 3.63) is 52.0 Å². The summed E-state index contributed by atoms with van der Waals surface area (Å²) in [4.78, 5) is 28.8. The molecule has 1 aliphatic rings. The summed E-state index contributed by atoms with van der Waals surface area (Å²) in [7, 11) is 0. The number of hydrogen-bond acceptors (Lipinski definition) is 4. The SMILES string of the molecule is Cc1cc(Cl)ccc1OCC(=O)Nc1ccc(N2CCN(C(=O)C(C)(C)C)CC2)c(Cl)c1. The molecule has 0 bridgehead atoms. The Morgan fingerprint density at radius 2 is 1.72 bits per heavy atom. The van der Waals surface area contributed by atoms with E-state index in [0.717, 1.165) is 11.3 Å². The summed E-state index contributed by atoms with van der Waals surface area (Å²) in [6, 6.07) is 10.7. The van der Waals surface area contributed by atoms with Gasteiger partial charge in [-0.2, -0.15) is 0 Å². The summed E-state index contributed by atoms with van der Waals surface area (Å²) in [5, 5.41) is 3.98. The standard InChI is InChI=1S/C24H29Cl2N3O3/c1-16-13-17(25)5-8-21(16)32-15-22(30)27-18-6-7-20(19(26)14-18)28-9-11-29(12-10-28)23(31)24(2,3)4/h5-8,13-14H,9-12,15H2,1-4H3,(H,27,30). The van der Waals surface area contributed by atoms with Gasteiger partial charge in [-0.25, -0.2) is 0 Å². The zero-order chi connectivity index (χ0) is 23.5. The van der Waals surface area contributed by atoms with E-state index in [9.17, 15) is 9.59 Å². The van der Waals surface area contributed by atoms with E-state index in [-0.39, 0.29) is 23.8 Å². The Morgan fingerprint density at radius 1 is 1.03 bits per heavy atom. The van der Waals surface area contributed by atoms with E-state index in [1.165, 1.54) is 0 Å². The van der Waals surface area contributed by atoms with Crippen LogP contribution in [0.4, 0.5) is 11.4 Å². The number of benzene rings is 2. The number of halogens is 2. The van der Waals surface area contributed by atoms with E-state index in [0.29, 0.717) is 47.7 Å². The Labute approximate surface area is 199 Å². The van der Waals surface area contributed by atoms with Crippen molar-refractivity contribution >= 4 is 46.4 Å². The van der Waals surface area contributed by atoms with E-state index in [1.807, 2.05) is 44.7 Å². The number of ether oxygens (including phenoxy) is 1. The van der Waals surface area contributed by atoms with Gasteiger partial charge in [0.15, 0.2) is 6.61 Å². The lowest BCUT2D eigenvalue weighted by Gasteiger charge is -2.39. The molecule has 1 fully saturated rings. The Hall–Kier alpha value is -2.44. The largest absolute Gasteiger partial charge is 0.483 e. The van der Waals surface area contributed by atoms with Gasteiger partial charge in [0.05, 0.1) is 10.7 Å². The number of piperazine rings is 1. The molecular weight excluding hydrogens is 449 g/mol. The van der Waals surface area contributed by atoms with Crippen LogP contribution in [0, 0.1) is 12.3 Å². The Morgan fingerprint density at radius 3 is 2.31 bits per heavy atom. The van der Waals surface area contributed by atoms with E-state index >= 15 is 0 Å².